The van der Waals surface area contributed by atoms with Gasteiger partial charge >= 0.3 is 0 Å². The van der Waals surface area contributed by atoms with Gasteiger partial charge in [0, 0.05) is 41.4 Å². The first-order valence-corrected chi connectivity index (χ1v) is 8.06. The number of morpholine rings is 1. The molecule has 116 valence electrons. The fourth-order valence-electron chi connectivity index (χ4n) is 2.79. The Morgan fingerprint density at radius 1 is 1.43 bits per heavy atom. The van der Waals surface area contributed by atoms with Crippen LogP contribution in [0.25, 0.3) is 0 Å². The highest BCUT2D eigenvalue weighted by Crippen LogP contribution is 2.31. The Bertz CT molecular complexity index is 493. The molecule has 1 aliphatic heterocycles. The Balaban J connectivity index is 1.83. The fourth-order valence-corrected chi connectivity index (χ4v) is 3.03. The molecule has 1 saturated carbocycles. The summed E-state index contributed by atoms with van der Waals surface area (Å²) in [5.41, 5.74) is 2.31. The van der Waals surface area contributed by atoms with Gasteiger partial charge in [-0.15, -0.1) is 0 Å². The van der Waals surface area contributed by atoms with E-state index in [1.54, 1.807) is 0 Å². The Morgan fingerprint density at radius 2 is 2.24 bits per heavy atom. The molecule has 0 aromatic heterocycles. The minimum Gasteiger partial charge on any atom is -0.394 e. The van der Waals surface area contributed by atoms with Crippen molar-refractivity contribution in [3.05, 3.63) is 28.8 Å². The molecule has 1 aliphatic carbocycles. The summed E-state index contributed by atoms with van der Waals surface area (Å²) in [4.78, 5) is 2.31. The van der Waals surface area contributed by atoms with Crippen molar-refractivity contribution >= 4 is 17.3 Å². The Labute approximate surface area is 131 Å². The van der Waals surface area contributed by atoms with E-state index >= 15 is 0 Å². The molecule has 4 nitrogen and oxygen atoms in total. The van der Waals surface area contributed by atoms with Gasteiger partial charge in [0.2, 0.25) is 0 Å². The van der Waals surface area contributed by atoms with Crippen LogP contribution in [0.4, 0.5) is 5.69 Å². The number of benzene rings is 1. The summed E-state index contributed by atoms with van der Waals surface area (Å²) in [5.74, 6) is 0. The number of rotatable bonds is 5. The normalized spacial score (nSPS) is 26.1. The van der Waals surface area contributed by atoms with Crippen molar-refractivity contribution in [1.29, 1.82) is 0 Å². The van der Waals surface area contributed by atoms with Gasteiger partial charge in [0.05, 0.1) is 19.3 Å². The lowest BCUT2D eigenvalue weighted by Gasteiger charge is -2.40. The van der Waals surface area contributed by atoms with Gasteiger partial charge in [0.15, 0.2) is 0 Å². The molecule has 1 saturated heterocycles. The number of hydrogen-bond acceptors (Lipinski definition) is 4. The molecule has 1 heterocycles. The Morgan fingerprint density at radius 3 is 2.95 bits per heavy atom. The van der Waals surface area contributed by atoms with Gasteiger partial charge in [-0.2, -0.15) is 0 Å². The van der Waals surface area contributed by atoms with E-state index in [1.165, 1.54) is 12.8 Å². The maximum Gasteiger partial charge on any atom is 0.0981 e. The predicted octanol–water partition coefficient (Wildman–Crippen LogP) is 2.18. The summed E-state index contributed by atoms with van der Waals surface area (Å²) in [6.45, 7) is 4.33. The quantitative estimate of drug-likeness (QED) is 0.875. The van der Waals surface area contributed by atoms with Gasteiger partial charge in [-0.25, -0.2) is 0 Å². The first kappa shape index (κ1) is 15.1. The summed E-state index contributed by atoms with van der Waals surface area (Å²) in [6, 6.07) is 7.00. The molecule has 0 radical (unpaired) electrons. The van der Waals surface area contributed by atoms with Crippen LogP contribution in [0.5, 0.6) is 0 Å². The highest BCUT2D eigenvalue weighted by atomic mass is 35.5. The number of nitrogens with zero attached hydrogens (tertiary/aromatic N) is 1. The van der Waals surface area contributed by atoms with E-state index in [4.69, 9.17) is 16.3 Å². The molecule has 2 aliphatic rings. The Kier molecular flexibility index (Phi) is 4.69. The highest BCUT2D eigenvalue weighted by Gasteiger charge is 2.28. The molecular weight excluding hydrogens is 288 g/mol. The average Bonchev–Trinajstić information content (AvgIpc) is 3.31. The molecule has 2 unspecified atom stereocenters. The van der Waals surface area contributed by atoms with Crippen LogP contribution < -0.4 is 10.2 Å². The second-order valence-electron chi connectivity index (χ2n) is 6.03. The van der Waals surface area contributed by atoms with E-state index in [0.717, 1.165) is 22.8 Å². The van der Waals surface area contributed by atoms with Crippen LogP contribution in [-0.4, -0.2) is 43.1 Å². The van der Waals surface area contributed by atoms with Crippen LogP contribution in [-0.2, 0) is 11.3 Å². The molecule has 0 bridgehead atoms. The van der Waals surface area contributed by atoms with E-state index in [2.05, 4.69) is 23.2 Å². The molecular formula is C16H23ClN2O2. The van der Waals surface area contributed by atoms with Crippen molar-refractivity contribution in [2.24, 2.45) is 0 Å². The lowest BCUT2D eigenvalue weighted by molar-refractivity contribution is -0.0103. The zero-order valence-electron chi connectivity index (χ0n) is 12.4. The number of aliphatic hydroxyl groups excluding tert-OH is 1. The van der Waals surface area contributed by atoms with Crippen molar-refractivity contribution in [1.82, 2.24) is 5.32 Å². The second kappa shape index (κ2) is 6.53. The van der Waals surface area contributed by atoms with E-state index in [9.17, 15) is 5.11 Å². The SMILES string of the molecule is CC1COC(CO)CN1c1cccc(Cl)c1CNC1CC1. The van der Waals surface area contributed by atoms with Crippen LogP contribution in [0.1, 0.15) is 25.3 Å². The lowest BCUT2D eigenvalue weighted by atomic mass is 10.1. The molecule has 2 N–H and O–H groups in total. The summed E-state index contributed by atoms with van der Waals surface area (Å²) < 4.78 is 5.63. The first-order valence-electron chi connectivity index (χ1n) is 7.69. The molecule has 21 heavy (non-hydrogen) atoms. The summed E-state index contributed by atoms with van der Waals surface area (Å²) in [5, 5.41) is 13.7. The minimum absolute atomic E-state index is 0.0550. The monoisotopic (exact) mass is 310 g/mol. The first-order chi connectivity index (χ1) is 10.2. The zero-order valence-corrected chi connectivity index (χ0v) is 13.1. The van der Waals surface area contributed by atoms with Crippen LogP contribution in [0.15, 0.2) is 18.2 Å². The third kappa shape index (κ3) is 3.51. The maximum absolute atomic E-state index is 9.36. The number of hydrogen-bond donors (Lipinski definition) is 2. The lowest BCUT2D eigenvalue weighted by Crippen LogP contribution is -2.50. The molecule has 5 heteroatoms. The molecule has 3 rings (SSSR count). The van der Waals surface area contributed by atoms with Crippen LogP contribution >= 0.6 is 11.6 Å². The standard InChI is InChI=1S/C16H23ClN2O2/c1-11-10-21-13(9-20)8-19(11)16-4-2-3-15(17)14(16)7-18-12-5-6-12/h2-4,11-13,18,20H,5-10H2,1H3. The zero-order chi connectivity index (χ0) is 14.8. The van der Waals surface area contributed by atoms with Crippen molar-refractivity contribution < 1.29 is 9.84 Å². The smallest absolute Gasteiger partial charge is 0.0981 e. The average molecular weight is 311 g/mol. The van der Waals surface area contributed by atoms with E-state index in [-0.39, 0.29) is 18.8 Å². The molecule has 0 amide bonds. The fraction of sp³-hybridized carbons (Fsp3) is 0.625. The molecule has 1 aromatic rings. The number of aliphatic hydroxyl groups is 1. The van der Waals surface area contributed by atoms with Gasteiger partial charge in [-0.1, -0.05) is 17.7 Å². The van der Waals surface area contributed by atoms with Gasteiger partial charge in [0.1, 0.15) is 0 Å². The second-order valence-corrected chi connectivity index (χ2v) is 6.44. The van der Waals surface area contributed by atoms with E-state index in [0.29, 0.717) is 19.2 Å². The third-order valence-corrected chi connectivity index (χ3v) is 4.61. The van der Waals surface area contributed by atoms with Crippen molar-refractivity contribution in [3.8, 4) is 0 Å². The Hall–Kier alpha value is -0.810. The van der Waals surface area contributed by atoms with Crippen molar-refractivity contribution in [3.63, 3.8) is 0 Å². The van der Waals surface area contributed by atoms with Crippen LogP contribution in [0.2, 0.25) is 5.02 Å². The largest absolute Gasteiger partial charge is 0.394 e. The molecule has 1 aromatic carbocycles. The van der Waals surface area contributed by atoms with E-state index in [1.807, 2.05) is 12.1 Å². The summed E-state index contributed by atoms with van der Waals surface area (Å²) in [7, 11) is 0. The van der Waals surface area contributed by atoms with Crippen LogP contribution in [0, 0.1) is 0 Å². The number of nitrogens with one attached hydrogen (secondary N) is 1. The van der Waals surface area contributed by atoms with Crippen molar-refractivity contribution in [2.75, 3.05) is 24.7 Å². The summed E-state index contributed by atoms with van der Waals surface area (Å²) in [6.07, 6.45) is 2.41. The number of anilines is 1. The molecule has 0 spiro atoms. The minimum atomic E-state index is -0.121. The third-order valence-electron chi connectivity index (χ3n) is 4.26. The highest BCUT2D eigenvalue weighted by molar-refractivity contribution is 6.31. The van der Waals surface area contributed by atoms with Crippen LogP contribution in [0.3, 0.4) is 0 Å². The van der Waals surface area contributed by atoms with Gasteiger partial charge < -0.3 is 20.1 Å². The van der Waals surface area contributed by atoms with Gasteiger partial charge in [-0.3, -0.25) is 0 Å². The molecule has 2 fully saturated rings. The van der Waals surface area contributed by atoms with E-state index < -0.39 is 0 Å². The summed E-state index contributed by atoms with van der Waals surface area (Å²) >= 11 is 6.42. The predicted molar refractivity (Wildman–Crippen MR) is 84.9 cm³/mol. The van der Waals surface area contributed by atoms with Gasteiger partial charge in [0.25, 0.3) is 0 Å². The van der Waals surface area contributed by atoms with Crippen molar-refractivity contribution in [2.45, 2.75) is 44.5 Å². The number of ether oxygens (including phenoxy) is 1. The molecule has 2 atom stereocenters. The number of halogens is 1. The van der Waals surface area contributed by atoms with Gasteiger partial charge in [-0.05, 0) is 31.9 Å². The topological polar surface area (TPSA) is 44.7 Å². The maximum atomic E-state index is 9.36.